The van der Waals surface area contributed by atoms with Crippen LogP contribution in [0.5, 0.6) is 0 Å². The van der Waals surface area contributed by atoms with Crippen molar-refractivity contribution in [2.24, 2.45) is 0 Å². The highest BCUT2D eigenvalue weighted by molar-refractivity contribution is 14.1. The fraction of sp³-hybridized carbons (Fsp3) is 0.417. The van der Waals surface area contributed by atoms with Crippen molar-refractivity contribution in [3.05, 3.63) is 32.9 Å². The van der Waals surface area contributed by atoms with Gasteiger partial charge in [-0.25, -0.2) is 4.79 Å². The van der Waals surface area contributed by atoms with Crippen LogP contribution in [0.3, 0.4) is 0 Å². The molecule has 0 aromatic heterocycles. The normalized spacial score (nSPS) is 10.2. The third-order valence-corrected chi connectivity index (χ3v) is 3.99. The molecule has 0 aliphatic heterocycles. The maximum atomic E-state index is 11.7. The van der Waals surface area contributed by atoms with Gasteiger partial charge in [0.2, 0.25) is 0 Å². The summed E-state index contributed by atoms with van der Waals surface area (Å²) in [5.74, 6) is -0.229. The van der Waals surface area contributed by atoms with E-state index in [4.69, 9.17) is 4.74 Å². The monoisotopic (exact) mass is 396 g/mol. The summed E-state index contributed by atoms with van der Waals surface area (Å²) in [7, 11) is 0. The zero-order valence-corrected chi connectivity index (χ0v) is 12.9. The van der Waals surface area contributed by atoms with Crippen molar-refractivity contribution in [1.29, 1.82) is 0 Å². The number of halogens is 2. The van der Waals surface area contributed by atoms with E-state index in [1.54, 1.807) is 0 Å². The van der Waals surface area contributed by atoms with Crippen LogP contribution in [0.2, 0.25) is 0 Å². The fourth-order valence-corrected chi connectivity index (χ4v) is 2.53. The summed E-state index contributed by atoms with van der Waals surface area (Å²) < 4.78 is 6.03. The van der Waals surface area contributed by atoms with E-state index >= 15 is 0 Å². The van der Waals surface area contributed by atoms with E-state index in [9.17, 15) is 4.79 Å². The lowest BCUT2D eigenvalue weighted by Gasteiger charge is -2.08. The third-order valence-electron chi connectivity index (χ3n) is 2.15. The van der Waals surface area contributed by atoms with Gasteiger partial charge < -0.3 is 4.74 Å². The van der Waals surface area contributed by atoms with Crippen LogP contribution in [-0.4, -0.2) is 17.9 Å². The molecule has 0 bridgehead atoms. The molecule has 0 aliphatic rings. The Balaban J connectivity index is 2.89. The van der Waals surface area contributed by atoms with Gasteiger partial charge in [0.25, 0.3) is 0 Å². The van der Waals surface area contributed by atoms with E-state index in [1.807, 2.05) is 19.1 Å². The van der Waals surface area contributed by atoms with Crippen molar-refractivity contribution in [3.8, 4) is 0 Å². The fourth-order valence-electron chi connectivity index (χ4n) is 1.40. The molecule has 0 amide bonds. The Morgan fingerprint density at radius 2 is 2.25 bits per heavy atom. The van der Waals surface area contributed by atoms with Crippen molar-refractivity contribution in [3.63, 3.8) is 0 Å². The van der Waals surface area contributed by atoms with E-state index in [-0.39, 0.29) is 5.97 Å². The molecule has 0 fully saturated rings. The number of esters is 1. The van der Waals surface area contributed by atoms with Gasteiger partial charge in [-0.15, -0.1) is 0 Å². The summed E-state index contributed by atoms with van der Waals surface area (Å²) in [6.07, 6.45) is 2.05. The van der Waals surface area contributed by atoms with Crippen molar-refractivity contribution >= 4 is 44.5 Å². The number of alkyl halides is 1. The van der Waals surface area contributed by atoms with Gasteiger partial charge in [-0.3, -0.25) is 0 Å². The zero-order chi connectivity index (χ0) is 12.0. The molecule has 16 heavy (non-hydrogen) atoms. The first-order valence-corrected chi connectivity index (χ1v) is 7.41. The number of aryl methyl sites for hydroxylation is 1. The molecule has 4 heteroatoms. The largest absolute Gasteiger partial charge is 0.462 e. The number of carbonyl (C=O) groups excluding carboxylic acids is 1. The van der Waals surface area contributed by atoms with Crippen molar-refractivity contribution < 1.29 is 9.53 Å². The first kappa shape index (κ1) is 14.0. The number of benzene rings is 1. The van der Waals surface area contributed by atoms with Crippen LogP contribution in [-0.2, 0) is 11.2 Å². The molecule has 2 nitrogen and oxygen atoms in total. The topological polar surface area (TPSA) is 26.3 Å². The van der Waals surface area contributed by atoms with Crippen LogP contribution in [0.4, 0.5) is 0 Å². The smallest absolute Gasteiger partial charge is 0.339 e. The first-order valence-electron chi connectivity index (χ1n) is 5.21. The molecule has 0 spiro atoms. The Labute approximate surface area is 118 Å². The number of hydrogen-bond acceptors (Lipinski definition) is 2. The molecule has 0 N–H and O–H groups in total. The van der Waals surface area contributed by atoms with E-state index in [0.717, 1.165) is 21.7 Å². The van der Waals surface area contributed by atoms with Gasteiger partial charge in [0.05, 0.1) is 12.2 Å². The molecule has 0 heterocycles. The molecule has 1 rings (SSSR count). The molecule has 1 aromatic rings. The maximum Gasteiger partial charge on any atom is 0.339 e. The zero-order valence-electron chi connectivity index (χ0n) is 9.13. The standard InChI is InChI=1S/C12H14BrIO2/c1-2-16-12(15)10-7-3-5-9(11(10)14)6-4-8-13/h3,5,7H,2,4,6,8H2,1H3. The molecule has 88 valence electrons. The van der Waals surface area contributed by atoms with Crippen LogP contribution < -0.4 is 0 Å². The number of ether oxygens (including phenoxy) is 1. The summed E-state index contributed by atoms with van der Waals surface area (Å²) in [4.78, 5) is 11.7. The predicted molar refractivity (Wildman–Crippen MR) is 77.2 cm³/mol. The van der Waals surface area contributed by atoms with Crippen LogP contribution >= 0.6 is 38.5 Å². The van der Waals surface area contributed by atoms with Gasteiger partial charge in [-0.1, -0.05) is 28.1 Å². The summed E-state index contributed by atoms with van der Waals surface area (Å²) in [6, 6.07) is 5.79. The minimum atomic E-state index is -0.229. The van der Waals surface area contributed by atoms with Crippen molar-refractivity contribution in [2.45, 2.75) is 19.8 Å². The van der Waals surface area contributed by atoms with Crippen LogP contribution in [0.15, 0.2) is 18.2 Å². The molecule has 0 saturated heterocycles. The lowest BCUT2D eigenvalue weighted by molar-refractivity contribution is 0.0525. The third kappa shape index (κ3) is 3.73. The van der Waals surface area contributed by atoms with Gasteiger partial charge in [-0.2, -0.15) is 0 Å². The molecular formula is C12H14BrIO2. The predicted octanol–water partition coefficient (Wildman–Crippen LogP) is 3.80. The van der Waals surface area contributed by atoms with Crippen molar-refractivity contribution in [1.82, 2.24) is 0 Å². The minimum absolute atomic E-state index is 0.229. The summed E-state index contributed by atoms with van der Waals surface area (Å²) >= 11 is 5.63. The molecule has 0 saturated carbocycles. The Kier molecular flexibility index (Phi) is 6.34. The molecule has 0 atom stereocenters. The lowest BCUT2D eigenvalue weighted by atomic mass is 10.1. The van der Waals surface area contributed by atoms with Crippen molar-refractivity contribution in [2.75, 3.05) is 11.9 Å². The Morgan fingerprint density at radius 3 is 2.88 bits per heavy atom. The second kappa shape index (κ2) is 7.27. The highest BCUT2D eigenvalue weighted by atomic mass is 127. The Hall–Kier alpha value is -0.100. The molecule has 0 aliphatic carbocycles. The minimum Gasteiger partial charge on any atom is -0.462 e. The Bertz CT molecular complexity index is 366. The summed E-state index contributed by atoms with van der Waals surface area (Å²) in [5, 5.41) is 0.979. The molecule has 0 radical (unpaired) electrons. The van der Waals surface area contributed by atoms with Crippen LogP contribution in [0.1, 0.15) is 29.3 Å². The second-order valence-corrected chi connectivity index (χ2v) is 5.16. The molecular weight excluding hydrogens is 383 g/mol. The van der Waals surface area contributed by atoms with Crippen LogP contribution in [0, 0.1) is 3.57 Å². The van der Waals surface area contributed by atoms with E-state index in [1.165, 1.54) is 5.56 Å². The summed E-state index contributed by atoms with van der Waals surface area (Å²) in [6.45, 7) is 2.24. The van der Waals surface area contributed by atoms with Gasteiger partial charge in [0.15, 0.2) is 0 Å². The average Bonchev–Trinajstić information content (AvgIpc) is 2.28. The average molecular weight is 397 g/mol. The highest BCUT2D eigenvalue weighted by Crippen LogP contribution is 2.20. The van der Waals surface area contributed by atoms with E-state index in [0.29, 0.717) is 12.2 Å². The number of hydrogen-bond donors (Lipinski definition) is 0. The van der Waals surface area contributed by atoms with E-state index < -0.39 is 0 Å². The first-order chi connectivity index (χ1) is 7.70. The van der Waals surface area contributed by atoms with Gasteiger partial charge in [0, 0.05) is 8.90 Å². The van der Waals surface area contributed by atoms with Gasteiger partial charge in [-0.05, 0) is 54.0 Å². The SMILES string of the molecule is CCOC(=O)c1cccc(CCCBr)c1I. The van der Waals surface area contributed by atoms with Gasteiger partial charge in [0.1, 0.15) is 0 Å². The molecule has 1 aromatic carbocycles. The van der Waals surface area contributed by atoms with E-state index in [2.05, 4.69) is 44.6 Å². The molecule has 0 unspecified atom stereocenters. The number of carbonyl (C=O) groups is 1. The number of rotatable bonds is 5. The lowest BCUT2D eigenvalue weighted by Crippen LogP contribution is -2.08. The second-order valence-electron chi connectivity index (χ2n) is 3.29. The van der Waals surface area contributed by atoms with Gasteiger partial charge >= 0.3 is 5.97 Å². The van der Waals surface area contributed by atoms with Crippen LogP contribution in [0.25, 0.3) is 0 Å². The maximum absolute atomic E-state index is 11.7. The summed E-state index contributed by atoms with van der Waals surface area (Å²) in [5.41, 5.74) is 1.89. The highest BCUT2D eigenvalue weighted by Gasteiger charge is 2.13. The quantitative estimate of drug-likeness (QED) is 0.430. The Morgan fingerprint density at radius 1 is 1.50 bits per heavy atom.